The van der Waals surface area contributed by atoms with Gasteiger partial charge < -0.3 is 20.3 Å². The minimum atomic E-state index is -0.504. The third kappa shape index (κ3) is 4.22. The molecule has 0 spiro atoms. The van der Waals surface area contributed by atoms with E-state index in [0.29, 0.717) is 0 Å². The average molecular weight is 224 g/mol. The second-order valence-electron chi connectivity index (χ2n) is 3.75. The summed E-state index contributed by atoms with van der Waals surface area (Å²) in [5.41, 5.74) is 0.810. The first-order valence-electron chi connectivity index (χ1n) is 5.08. The van der Waals surface area contributed by atoms with Gasteiger partial charge in [0.15, 0.2) is 6.20 Å². The molecule has 0 aliphatic rings. The monoisotopic (exact) mass is 224 g/mol. The fourth-order valence-electron chi connectivity index (χ4n) is 1.23. The molecule has 1 aromatic heterocycles. The topological polar surface area (TPSA) is 71.3 Å². The van der Waals surface area contributed by atoms with Crippen LogP contribution in [0.5, 0.6) is 0 Å². The van der Waals surface area contributed by atoms with E-state index in [-0.39, 0.29) is 5.82 Å². The molecule has 0 amide bonds. The van der Waals surface area contributed by atoms with Gasteiger partial charge in [0.2, 0.25) is 0 Å². The molecule has 1 rings (SSSR count). The van der Waals surface area contributed by atoms with Gasteiger partial charge in [-0.25, -0.2) is 0 Å². The van der Waals surface area contributed by atoms with E-state index < -0.39 is 4.92 Å². The molecule has 0 unspecified atom stereocenters. The molecule has 0 saturated heterocycles. The lowest BCUT2D eigenvalue weighted by atomic mass is 10.3. The first-order chi connectivity index (χ1) is 7.59. The van der Waals surface area contributed by atoms with E-state index in [0.717, 1.165) is 25.2 Å². The second-order valence-corrected chi connectivity index (χ2v) is 3.75. The number of rotatable bonds is 6. The third-order valence-corrected chi connectivity index (χ3v) is 2.05. The fraction of sp³-hybridized carbons (Fsp3) is 0.500. The smallest absolute Gasteiger partial charge is 0.363 e. The van der Waals surface area contributed by atoms with Crippen molar-refractivity contribution in [2.75, 3.05) is 32.5 Å². The van der Waals surface area contributed by atoms with Crippen LogP contribution in [0.15, 0.2) is 18.3 Å². The van der Waals surface area contributed by atoms with Gasteiger partial charge in [0.1, 0.15) is 0 Å². The lowest BCUT2D eigenvalue weighted by Crippen LogP contribution is -2.16. The summed E-state index contributed by atoms with van der Waals surface area (Å²) in [7, 11) is 4.04. The standard InChI is InChI=1S/C10H16N4O2/c1-13(2)7-3-6-11-9-4-5-10(12-8-9)14(15)16/h4-5,8,11H,3,6-7H2,1-2H3. The quantitative estimate of drug-likeness (QED) is 0.448. The molecular weight excluding hydrogens is 208 g/mol. The van der Waals surface area contributed by atoms with Gasteiger partial charge in [-0.1, -0.05) is 0 Å². The normalized spacial score (nSPS) is 10.4. The van der Waals surface area contributed by atoms with Gasteiger partial charge in [0, 0.05) is 12.6 Å². The number of hydrogen-bond donors (Lipinski definition) is 1. The number of pyridine rings is 1. The molecule has 0 fully saturated rings. The van der Waals surface area contributed by atoms with E-state index in [1.807, 2.05) is 14.1 Å². The molecule has 0 radical (unpaired) electrons. The summed E-state index contributed by atoms with van der Waals surface area (Å²) in [6.45, 7) is 1.84. The molecule has 0 aromatic carbocycles. The Morgan fingerprint density at radius 2 is 2.25 bits per heavy atom. The summed E-state index contributed by atoms with van der Waals surface area (Å²) in [5.74, 6) is -0.126. The molecule has 6 nitrogen and oxygen atoms in total. The fourth-order valence-corrected chi connectivity index (χ4v) is 1.23. The van der Waals surface area contributed by atoms with Crippen molar-refractivity contribution in [3.63, 3.8) is 0 Å². The zero-order valence-electron chi connectivity index (χ0n) is 9.51. The molecule has 0 atom stereocenters. The Hall–Kier alpha value is -1.69. The summed E-state index contributed by atoms with van der Waals surface area (Å²) < 4.78 is 0. The van der Waals surface area contributed by atoms with Crippen LogP contribution in [0.4, 0.5) is 11.5 Å². The molecule has 0 aliphatic carbocycles. The Labute approximate surface area is 94.4 Å². The highest BCUT2D eigenvalue weighted by molar-refractivity contribution is 5.43. The van der Waals surface area contributed by atoms with Crippen LogP contribution in [-0.4, -0.2) is 42.0 Å². The minimum Gasteiger partial charge on any atom is -0.382 e. The molecule has 16 heavy (non-hydrogen) atoms. The van der Waals surface area contributed by atoms with Crippen LogP contribution in [0, 0.1) is 10.1 Å². The van der Waals surface area contributed by atoms with E-state index in [4.69, 9.17) is 0 Å². The zero-order chi connectivity index (χ0) is 12.0. The third-order valence-electron chi connectivity index (χ3n) is 2.05. The number of nitro groups is 1. The number of nitrogens with one attached hydrogen (secondary N) is 1. The molecule has 88 valence electrons. The molecule has 1 N–H and O–H groups in total. The minimum absolute atomic E-state index is 0.126. The molecular formula is C10H16N4O2. The predicted octanol–water partition coefficient (Wildman–Crippen LogP) is 1.35. The van der Waals surface area contributed by atoms with E-state index in [1.54, 1.807) is 6.07 Å². The Morgan fingerprint density at radius 1 is 1.50 bits per heavy atom. The zero-order valence-corrected chi connectivity index (χ0v) is 9.51. The van der Waals surface area contributed by atoms with Crippen LogP contribution in [0.2, 0.25) is 0 Å². The molecule has 1 heterocycles. The van der Waals surface area contributed by atoms with Gasteiger partial charge in [-0.05, 0) is 43.0 Å². The van der Waals surface area contributed by atoms with Crippen molar-refractivity contribution < 1.29 is 4.92 Å². The summed E-state index contributed by atoms with van der Waals surface area (Å²) in [6.07, 6.45) is 2.50. The van der Waals surface area contributed by atoms with E-state index in [9.17, 15) is 10.1 Å². The van der Waals surface area contributed by atoms with E-state index >= 15 is 0 Å². The first-order valence-corrected chi connectivity index (χ1v) is 5.08. The summed E-state index contributed by atoms with van der Waals surface area (Å²) in [4.78, 5) is 15.7. The Bertz CT molecular complexity index is 337. The first kappa shape index (κ1) is 12.4. The molecule has 0 bridgehead atoms. The van der Waals surface area contributed by atoms with Gasteiger partial charge in [0.25, 0.3) is 0 Å². The van der Waals surface area contributed by atoms with Gasteiger partial charge in [-0.3, -0.25) is 0 Å². The van der Waals surface area contributed by atoms with Gasteiger partial charge >= 0.3 is 5.82 Å². The number of anilines is 1. The van der Waals surface area contributed by atoms with E-state index in [1.165, 1.54) is 12.3 Å². The van der Waals surface area contributed by atoms with Crippen LogP contribution >= 0.6 is 0 Å². The molecule has 1 aromatic rings. The predicted molar refractivity (Wildman–Crippen MR) is 62.6 cm³/mol. The number of aromatic nitrogens is 1. The van der Waals surface area contributed by atoms with Crippen molar-refractivity contribution in [3.8, 4) is 0 Å². The highest BCUT2D eigenvalue weighted by Crippen LogP contribution is 2.10. The number of nitrogens with zero attached hydrogens (tertiary/aromatic N) is 3. The maximum absolute atomic E-state index is 10.4. The Morgan fingerprint density at radius 3 is 2.75 bits per heavy atom. The highest BCUT2D eigenvalue weighted by atomic mass is 16.6. The molecule has 6 heteroatoms. The molecule has 0 aliphatic heterocycles. The summed E-state index contributed by atoms with van der Waals surface area (Å²) in [5, 5.41) is 13.5. The summed E-state index contributed by atoms with van der Waals surface area (Å²) >= 11 is 0. The lowest BCUT2D eigenvalue weighted by Gasteiger charge is -2.09. The lowest BCUT2D eigenvalue weighted by molar-refractivity contribution is -0.389. The van der Waals surface area contributed by atoms with Crippen LogP contribution in [0.3, 0.4) is 0 Å². The van der Waals surface area contributed by atoms with Crippen molar-refractivity contribution >= 4 is 11.5 Å². The van der Waals surface area contributed by atoms with Crippen LogP contribution in [0.1, 0.15) is 6.42 Å². The van der Waals surface area contributed by atoms with Gasteiger partial charge in [-0.2, -0.15) is 0 Å². The van der Waals surface area contributed by atoms with E-state index in [2.05, 4.69) is 15.2 Å². The summed E-state index contributed by atoms with van der Waals surface area (Å²) in [6, 6.07) is 3.06. The van der Waals surface area contributed by atoms with Gasteiger partial charge in [-0.15, -0.1) is 0 Å². The maximum Gasteiger partial charge on any atom is 0.363 e. The SMILES string of the molecule is CN(C)CCCNc1ccc([N+](=O)[O-])nc1. The van der Waals surface area contributed by atoms with Crippen LogP contribution in [-0.2, 0) is 0 Å². The van der Waals surface area contributed by atoms with Crippen molar-refractivity contribution in [3.05, 3.63) is 28.4 Å². The maximum atomic E-state index is 10.4. The second kappa shape index (κ2) is 6.02. The average Bonchev–Trinajstić information content (AvgIpc) is 2.25. The van der Waals surface area contributed by atoms with Crippen LogP contribution < -0.4 is 5.32 Å². The molecule has 0 saturated carbocycles. The highest BCUT2D eigenvalue weighted by Gasteiger charge is 2.05. The number of hydrogen-bond acceptors (Lipinski definition) is 5. The Kier molecular flexibility index (Phi) is 4.65. The largest absolute Gasteiger partial charge is 0.382 e. The van der Waals surface area contributed by atoms with Crippen LogP contribution in [0.25, 0.3) is 0 Å². The van der Waals surface area contributed by atoms with Crippen molar-refractivity contribution in [1.29, 1.82) is 0 Å². The Balaban J connectivity index is 2.35. The van der Waals surface area contributed by atoms with Crippen molar-refractivity contribution in [2.45, 2.75) is 6.42 Å². The van der Waals surface area contributed by atoms with Gasteiger partial charge in [0.05, 0.1) is 5.69 Å². The van der Waals surface area contributed by atoms with Crippen molar-refractivity contribution in [2.24, 2.45) is 0 Å². The van der Waals surface area contributed by atoms with Crippen molar-refractivity contribution in [1.82, 2.24) is 9.88 Å².